The van der Waals surface area contributed by atoms with E-state index < -0.39 is 0 Å². The van der Waals surface area contributed by atoms with Crippen LogP contribution in [0.3, 0.4) is 0 Å². The number of hydrogen-bond donors (Lipinski definition) is 1. The highest BCUT2D eigenvalue weighted by Crippen LogP contribution is 2.28. The molecule has 3 heteroatoms. The minimum atomic E-state index is -0.123. The van der Waals surface area contributed by atoms with Gasteiger partial charge in [-0.2, -0.15) is 0 Å². The van der Waals surface area contributed by atoms with Crippen molar-refractivity contribution in [3.63, 3.8) is 0 Å². The van der Waals surface area contributed by atoms with E-state index in [4.69, 9.17) is 0 Å². The minimum Gasteiger partial charge on any atom is -0.310 e. The van der Waals surface area contributed by atoms with Crippen LogP contribution in [0.1, 0.15) is 38.7 Å². The van der Waals surface area contributed by atoms with E-state index in [1.807, 2.05) is 6.07 Å². The van der Waals surface area contributed by atoms with Gasteiger partial charge in [0.05, 0.1) is 0 Å². The molecule has 2 rings (SSSR count). The van der Waals surface area contributed by atoms with Crippen molar-refractivity contribution in [1.29, 1.82) is 0 Å². The Hall–Kier alpha value is -0.410. The Bertz CT molecular complexity index is 407. The summed E-state index contributed by atoms with van der Waals surface area (Å²) in [4.78, 5) is 0. The highest BCUT2D eigenvalue weighted by atomic mass is 79.9. The number of nitrogens with one attached hydrogen (secondary N) is 1. The summed E-state index contributed by atoms with van der Waals surface area (Å²) in [6.07, 6.45) is 3.81. The molecule has 100 valence electrons. The van der Waals surface area contributed by atoms with Gasteiger partial charge in [0.1, 0.15) is 5.82 Å². The SMILES string of the molecule is CC1CCC(C)C(NCc2cc(Br)ccc2F)C1. The van der Waals surface area contributed by atoms with Gasteiger partial charge in [0.25, 0.3) is 0 Å². The Kier molecular flexibility index (Phi) is 4.79. The van der Waals surface area contributed by atoms with Gasteiger partial charge in [0.2, 0.25) is 0 Å². The molecule has 1 aliphatic carbocycles. The summed E-state index contributed by atoms with van der Waals surface area (Å²) in [5.41, 5.74) is 0.745. The van der Waals surface area contributed by atoms with Crippen molar-refractivity contribution in [2.24, 2.45) is 11.8 Å². The number of halogens is 2. The molecule has 3 unspecified atom stereocenters. The average molecular weight is 314 g/mol. The summed E-state index contributed by atoms with van der Waals surface area (Å²) in [5.74, 6) is 1.35. The highest BCUT2D eigenvalue weighted by Gasteiger charge is 2.24. The van der Waals surface area contributed by atoms with Crippen LogP contribution >= 0.6 is 15.9 Å². The molecule has 0 bridgehead atoms. The molecule has 1 N–H and O–H groups in total. The van der Waals surface area contributed by atoms with Crippen LogP contribution in [0, 0.1) is 17.7 Å². The Labute approximate surface area is 117 Å². The van der Waals surface area contributed by atoms with Gasteiger partial charge >= 0.3 is 0 Å². The molecule has 3 atom stereocenters. The third-order valence-corrected chi connectivity index (χ3v) is 4.51. The largest absolute Gasteiger partial charge is 0.310 e. The second-order valence-corrected chi connectivity index (χ2v) is 6.53. The fourth-order valence-corrected chi connectivity index (χ4v) is 3.15. The molecule has 0 aromatic heterocycles. The zero-order chi connectivity index (χ0) is 13.1. The van der Waals surface area contributed by atoms with Gasteiger partial charge in [0, 0.05) is 22.6 Å². The summed E-state index contributed by atoms with van der Waals surface area (Å²) >= 11 is 3.39. The number of benzene rings is 1. The van der Waals surface area contributed by atoms with Crippen molar-refractivity contribution in [2.75, 3.05) is 0 Å². The van der Waals surface area contributed by atoms with Crippen LogP contribution in [-0.2, 0) is 6.54 Å². The third kappa shape index (κ3) is 3.55. The standard InChI is InChI=1S/C15H21BrFN/c1-10-3-4-11(2)15(7-10)18-9-12-8-13(16)5-6-14(12)17/h5-6,8,10-11,15,18H,3-4,7,9H2,1-2H3. The summed E-state index contributed by atoms with van der Waals surface area (Å²) in [5, 5.41) is 3.53. The highest BCUT2D eigenvalue weighted by molar-refractivity contribution is 9.10. The van der Waals surface area contributed by atoms with E-state index in [1.165, 1.54) is 25.3 Å². The molecule has 1 aliphatic rings. The molecule has 0 aliphatic heterocycles. The fourth-order valence-electron chi connectivity index (χ4n) is 2.74. The lowest BCUT2D eigenvalue weighted by Crippen LogP contribution is -2.39. The van der Waals surface area contributed by atoms with Crippen LogP contribution < -0.4 is 5.32 Å². The molecule has 18 heavy (non-hydrogen) atoms. The quantitative estimate of drug-likeness (QED) is 0.866. The van der Waals surface area contributed by atoms with Gasteiger partial charge in [-0.3, -0.25) is 0 Å². The van der Waals surface area contributed by atoms with E-state index in [0.29, 0.717) is 18.5 Å². The van der Waals surface area contributed by atoms with Crippen LogP contribution in [-0.4, -0.2) is 6.04 Å². The maximum Gasteiger partial charge on any atom is 0.127 e. The first-order valence-electron chi connectivity index (χ1n) is 6.73. The first kappa shape index (κ1) is 14.0. The minimum absolute atomic E-state index is 0.123. The van der Waals surface area contributed by atoms with Crippen LogP contribution in [0.4, 0.5) is 4.39 Å². The third-order valence-electron chi connectivity index (χ3n) is 4.02. The second kappa shape index (κ2) is 6.16. The molecule has 1 nitrogen and oxygen atoms in total. The number of rotatable bonds is 3. The van der Waals surface area contributed by atoms with E-state index in [2.05, 4.69) is 35.1 Å². The van der Waals surface area contributed by atoms with Crippen molar-refractivity contribution >= 4 is 15.9 Å². The van der Waals surface area contributed by atoms with E-state index in [0.717, 1.165) is 16.0 Å². The zero-order valence-electron chi connectivity index (χ0n) is 11.0. The van der Waals surface area contributed by atoms with Crippen molar-refractivity contribution in [3.8, 4) is 0 Å². The fraction of sp³-hybridized carbons (Fsp3) is 0.600. The first-order chi connectivity index (χ1) is 8.56. The summed E-state index contributed by atoms with van der Waals surface area (Å²) in [6, 6.07) is 5.64. The van der Waals surface area contributed by atoms with E-state index in [9.17, 15) is 4.39 Å². The van der Waals surface area contributed by atoms with E-state index in [-0.39, 0.29) is 5.82 Å². The van der Waals surface area contributed by atoms with Crippen LogP contribution in [0.2, 0.25) is 0 Å². The molecular weight excluding hydrogens is 293 g/mol. The lowest BCUT2D eigenvalue weighted by molar-refractivity contribution is 0.227. The first-order valence-corrected chi connectivity index (χ1v) is 7.53. The average Bonchev–Trinajstić information content (AvgIpc) is 2.34. The Balaban J connectivity index is 1.96. The molecule has 0 radical (unpaired) electrons. The zero-order valence-corrected chi connectivity index (χ0v) is 12.6. The molecular formula is C15H21BrFN. The van der Waals surface area contributed by atoms with E-state index >= 15 is 0 Å². The van der Waals surface area contributed by atoms with Crippen molar-refractivity contribution in [3.05, 3.63) is 34.1 Å². The Morgan fingerprint density at radius 3 is 2.89 bits per heavy atom. The predicted octanol–water partition coefficient (Wildman–Crippen LogP) is 4.50. The second-order valence-electron chi connectivity index (χ2n) is 5.62. The van der Waals surface area contributed by atoms with Crippen molar-refractivity contribution in [2.45, 2.75) is 45.7 Å². The summed E-state index contributed by atoms with van der Waals surface area (Å²) < 4.78 is 14.6. The summed E-state index contributed by atoms with van der Waals surface area (Å²) in [6.45, 7) is 5.22. The van der Waals surface area contributed by atoms with Crippen molar-refractivity contribution < 1.29 is 4.39 Å². The van der Waals surface area contributed by atoms with Crippen molar-refractivity contribution in [1.82, 2.24) is 5.32 Å². The maximum absolute atomic E-state index is 13.6. The van der Waals surface area contributed by atoms with Crippen LogP contribution in [0.25, 0.3) is 0 Å². The maximum atomic E-state index is 13.6. The van der Waals surface area contributed by atoms with Gasteiger partial charge < -0.3 is 5.32 Å². The molecule has 0 spiro atoms. The monoisotopic (exact) mass is 313 g/mol. The molecule has 1 aromatic rings. The van der Waals surface area contributed by atoms with Crippen LogP contribution in [0.15, 0.2) is 22.7 Å². The lowest BCUT2D eigenvalue weighted by Gasteiger charge is -2.33. The molecule has 1 fully saturated rings. The Morgan fingerprint density at radius 1 is 1.33 bits per heavy atom. The normalized spacial score (nSPS) is 28.3. The van der Waals surface area contributed by atoms with Gasteiger partial charge in [-0.15, -0.1) is 0 Å². The van der Waals surface area contributed by atoms with Gasteiger partial charge in [-0.05, 0) is 42.9 Å². The van der Waals surface area contributed by atoms with Gasteiger partial charge in [-0.25, -0.2) is 4.39 Å². The molecule has 0 heterocycles. The Morgan fingerprint density at radius 2 is 2.11 bits per heavy atom. The predicted molar refractivity (Wildman–Crippen MR) is 76.9 cm³/mol. The topological polar surface area (TPSA) is 12.0 Å². The van der Waals surface area contributed by atoms with Crippen LogP contribution in [0.5, 0.6) is 0 Å². The van der Waals surface area contributed by atoms with E-state index in [1.54, 1.807) is 6.07 Å². The smallest absolute Gasteiger partial charge is 0.127 e. The molecule has 0 saturated heterocycles. The van der Waals surface area contributed by atoms with Gasteiger partial charge in [0.15, 0.2) is 0 Å². The molecule has 1 saturated carbocycles. The summed E-state index contributed by atoms with van der Waals surface area (Å²) in [7, 11) is 0. The molecule has 1 aromatic carbocycles. The number of hydrogen-bond acceptors (Lipinski definition) is 1. The molecule has 0 amide bonds. The lowest BCUT2D eigenvalue weighted by atomic mass is 9.80. The van der Waals surface area contributed by atoms with Gasteiger partial charge in [-0.1, -0.05) is 36.2 Å².